The van der Waals surface area contributed by atoms with Crippen molar-refractivity contribution in [1.82, 2.24) is 0 Å². The molecule has 0 aromatic carbocycles. The van der Waals surface area contributed by atoms with E-state index >= 15 is 0 Å². The van der Waals surface area contributed by atoms with E-state index in [-0.39, 0.29) is 18.5 Å². The Bertz CT molecular complexity index is 526. The highest BCUT2D eigenvalue weighted by Gasteiger charge is 2.27. The summed E-state index contributed by atoms with van der Waals surface area (Å²) in [5.74, 6) is 0.0454. The molecule has 0 aliphatic heterocycles. The van der Waals surface area contributed by atoms with Crippen LogP contribution in [-0.2, 0) is 14.3 Å². The van der Waals surface area contributed by atoms with E-state index in [9.17, 15) is 8.42 Å². The quantitative estimate of drug-likeness (QED) is 0.223. The minimum absolute atomic E-state index is 0.0454. The van der Waals surface area contributed by atoms with E-state index in [1.165, 1.54) is 0 Å². The molecule has 1 aliphatic rings. The first-order valence-electron chi connectivity index (χ1n) is 7.89. The molecule has 0 radical (unpaired) electrons. The molecule has 0 spiro atoms. The third-order valence-corrected chi connectivity index (χ3v) is 4.17. The van der Waals surface area contributed by atoms with Gasteiger partial charge in [0, 0.05) is 15.9 Å². The molecule has 9 nitrogen and oxygen atoms in total. The van der Waals surface area contributed by atoms with Crippen LogP contribution in [0.1, 0.15) is 52.4 Å². The summed E-state index contributed by atoms with van der Waals surface area (Å²) in [6, 6.07) is -0.158. The first-order chi connectivity index (χ1) is 11.0. The van der Waals surface area contributed by atoms with Crippen molar-refractivity contribution in [1.29, 1.82) is 0 Å². The van der Waals surface area contributed by atoms with Crippen molar-refractivity contribution in [3.8, 4) is 0 Å². The molecular formula is C13H26N6O3S. The van der Waals surface area contributed by atoms with Crippen LogP contribution in [-0.4, -0.2) is 33.4 Å². The second kappa shape index (κ2) is 12.0. The summed E-state index contributed by atoms with van der Waals surface area (Å²) in [6.07, 6.45) is 5.37. The van der Waals surface area contributed by atoms with Crippen molar-refractivity contribution in [3.63, 3.8) is 0 Å². The van der Waals surface area contributed by atoms with Crippen molar-refractivity contribution in [2.24, 2.45) is 16.1 Å². The van der Waals surface area contributed by atoms with Gasteiger partial charge in [-0.3, -0.25) is 4.18 Å². The Kier molecular flexibility index (Phi) is 11.2. The fourth-order valence-electron chi connectivity index (χ4n) is 2.71. The molecule has 3 atom stereocenters. The summed E-state index contributed by atoms with van der Waals surface area (Å²) in [7, 11) is -3.63. The van der Waals surface area contributed by atoms with E-state index in [1.807, 2.05) is 13.8 Å². The van der Waals surface area contributed by atoms with Crippen molar-refractivity contribution in [2.75, 3.05) is 12.8 Å². The van der Waals surface area contributed by atoms with Crippen molar-refractivity contribution >= 4 is 10.1 Å². The minimum atomic E-state index is -3.63. The summed E-state index contributed by atoms with van der Waals surface area (Å²) in [5.41, 5.74) is 17.0. The molecule has 1 saturated carbocycles. The standard InChI is InChI=1S/C11H20N6O3S.C2H6/c1-21(18,19)20-10(8-14-16-12)7-9-5-3-2-4-6-11(9)15-17-13;1-2/h9-11H,2-8H2,1H3;1-2H3/t9-,10+,11+;/m0./s1. The predicted molar refractivity (Wildman–Crippen MR) is 89.2 cm³/mol. The maximum atomic E-state index is 11.3. The second-order valence-electron chi connectivity index (χ2n) is 5.24. The third kappa shape index (κ3) is 10.0. The summed E-state index contributed by atoms with van der Waals surface area (Å²) in [5, 5.41) is 7.23. The maximum Gasteiger partial charge on any atom is 0.264 e. The van der Waals surface area contributed by atoms with Gasteiger partial charge < -0.3 is 0 Å². The lowest BCUT2D eigenvalue weighted by molar-refractivity contribution is 0.170. The SMILES string of the molecule is CC.CS(=O)(=O)O[C@@H](CN=[N+]=[N-])C[C@@H]1CCCCC[C@H]1N=[N+]=[N-]. The molecular weight excluding hydrogens is 320 g/mol. The zero-order valence-electron chi connectivity index (χ0n) is 14.0. The predicted octanol–water partition coefficient (Wildman–Crippen LogP) is 4.32. The summed E-state index contributed by atoms with van der Waals surface area (Å²) in [4.78, 5) is 5.52. The van der Waals surface area contributed by atoms with E-state index in [0.717, 1.165) is 38.4 Å². The zero-order chi connectivity index (χ0) is 17.7. The molecule has 1 fully saturated rings. The van der Waals surface area contributed by atoms with Gasteiger partial charge in [0.15, 0.2) is 0 Å². The number of hydrogen-bond donors (Lipinski definition) is 0. The number of hydrogen-bond acceptors (Lipinski definition) is 5. The lowest BCUT2D eigenvalue weighted by Crippen LogP contribution is -2.28. The Balaban J connectivity index is 0.00000232. The highest BCUT2D eigenvalue weighted by molar-refractivity contribution is 7.86. The third-order valence-electron chi connectivity index (χ3n) is 3.54. The van der Waals surface area contributed by atoms with Gasteiger partial charge in [0.25, 0.3) is 10.1 Å². The molecule has 0 amide bonds. The zero-order valence-corrected chi connectivity index (χ0v) is 14.8. The van der Waals surface area contributed by atoms with Crippen LogP contribution < -0.4 is 0 Å². The molecule has 10 heteroatoms. The molecule has 0 aromatic rings. The number of rotatable bonds is 7. The van der Waals surface area contributed by atoms with E-state index in [2.05, 4.69) is 20.1 Å². The van der Waals surface area contributed by atoms with Gasteiger partial charge in [-0.2, -0.15) is 8.42 Å². The van der Waals surface area contributed by atoms with Crippen LogP contribution >= 0.6 is 0 Å². The van der Waals surface area contributed by atoms with Crippen molar-refractivity contribution < 1.29 is 12.6 Å². The Hall–Kier alpha value is -1.47. The van der Waals surface area contributed by atoms with E-state index in [4.69, 9.17) is 15.2 Å². The molecule has 0 saturated heterocycles. The Morgan fingerprint density at radius 2 is 1.83 bits per heavy atom. The average Bonchev–Trinajstić information content (AvgIpc) is 2.71. The lowest BCUT2D eigenvalue weighted by Gasteiger charge is -2.25. The highest BCUT2D eigenvalue weighted by Crippen LogP contribution is 2.30. The monoisotopic (exact) mass is 346 g/mol. The smallest absolute Gasteiger partial charge is 0.264 e. The van der Waals surface area contributed by atoms with Crippen LogP contribution in [0.3, 0.4) is 0 Å². The number of nitrogens with zero attached hydrogens (tertiary/aromatic N) is 6. The van der Waals surface area contributed by atoms with Gasteiger partial charge in [-0.05, 0) is 36.2 Å². The Labute approximate surface area is 137 Å². The topological polar surface area (TPSA) is 141 Å². The molecule has 1 aliphatic carbocycles. The second-order valence-corrected chi connectivity index (χ2v) is 6.84. The van der Waals surface area contributed by atoms with Gasteiger partial charge in [-0.15, -0.1) is 0 Å². The van der Waals surface area contributed by atoms with Crippen LogP contribution in [0.4, 0.5) is 0 Å². The van der Waals surface area contributed by atoms with Gasteiger partial charge >= 0.3 is 0 Å². The normalized spacial score (nSPS) is 22.4. The van der Waals surface area contributed by atoms with E-state index in [0.29, 0.717) is 6.42 Å². The molecule has 1 rings (SSSR count). The van der Waals surface area contributed by atoms with E-state index < -0.39 is 16.2 Å². The van der Waals surface area contributed by atoms with Gasteiger partial charge in [-0.25, -0.2) is 0 Å². The Morgan fingerprint density at radius 3 is 2.39 bits per heavy atom. The molecule has 0 unspecified atom stereocenters. The average molecular weight is 346 g/mol. The maximum absolute atomic E-state index is 11.3. The van der Waals surface area contributed by atoms with Gasteiger partial charge in [-0.1, -0.05) is 43.3 Å². The Morgan fingerprint density at radius 1 is 1.17 bits per heavy atom. The van der Waals surface area contributed by atoms with Crippen molar-refractivity contribution in [3.05, 3.63) is 20.9 Å². The summed E-state index contributed by atoms with van der Waals surface area (Å²) < 4.78 is 27.5. The fraction of sp³-hybridized carbons (Fsp3) is 1.00. The van der Waals surface area contributed by atoms with Crippen LogP contribution in [0.15, 0.2) is 10.2 Å². The van der Waals surface area contributed by atoms with E-state index in [1.54, 1.807) is 0 Å². The van der Waals surface area contributed by atoms with Gasteiger partial charge in [0.2, 0.25) is 0 Å². The van der Waals surface area contributed by atoms with Gasteiger partial charge in [0.1, 0.15) is 0 Å². The summed E-state index contributed by atoms with van der Waals surface area (Å²) in [6.45, 7) is 3.95. The lowest BCUT2D eigenvalue weighted by atomic mass is 9.90. The molecule has 0 bridgehead atoms. The molecule has 0 heterocycles. The fourth-order valence-corrected chi connectivity index (χ4v) is 3.35. The molecule has 23 heavy (non-hydrogen) atoms. The van der Waals surface area contributed by atoms with Crippen LogP contribution in [0.25, 0.3) is 20.9 Å². The van der Waals surface area contributed by atoms with Gasteiger partial charge in [0.05, 0.1) is 18.9 Å². The largest absolute Gasteiger partial charge is 0.267 e. The van der Waals surface area contributed by atoms with Crippen LogP contribution in [0, 0.1) is 5.92 Å². The first-order valence-corrected chi connectivity index (χ1v) is 9.71. The minimum Gasteiger partial charge on any atom is -0.267 e. The molecule has 0 aromatic heterocycles. The van der Waals surface area contributed by atoms with Crippen LogP contribution in [0.5, 0.6) is 0 Å². The molecule has 132 valence electrons. The molecule has 0 N–H and O–H groups in total. The summed E-state index contributed by atoms with van der Waals surface area (Å²) >= 11 is 0. The first kappa shape index (κ1) is 21.5. The van der Waals surface area contributed by atoms with Crippen molar-refractivity contribution in [2.45, 2.75) is 64.5 Å². The highest BCUT2D eigenvalue weighted by atomic mass is 32.2. The number of azide groups is 2. The van der Waals surface area contributed by atoms with Crippen LogP contribution in [0.2, 0.25) is 0 Å².